The van der Waals surface area contributed by atoms with Crippen molar-refractivity contribution in [1.29, 1.82) is 0 Å². The zero-order valence-corrected chi connectivity index (χ0v) is 10.9. The van der Waals surface area contributed by atoms with Crippen molar-refractivity contribution in [2.24, 2.45) is 5.92 Å². The minimum atomic E-state index is -2.29. The minimum absolute atomic E-state index is 0.493. The second-order valence-corrected chi connectivity index (χ2v) is 6.85. The molecule has 0 aromatic carbocycles. The second kappa shape index (κ2) is 6.12. The lowest BCUT2D eigenvalue weighted by Crippen LogP contribution is -2.51. The highest BCUT2D eigenvalue weighted by molar-refractivity contribution is 7.80. The molecule has 0 spiro atoms. The van der Waals surface area contributed by atoms with Gasteiger partial charge in [0.05, 0.1) is 0 Å². The van der Waals surface area contributed by atoms with Crippen molar-refractivity contribution in [3.05, 3.63) is 0 Å². The third kappa shape index (κ3) is 3.55. The van der Waals surface area contributed by atoms with E-state index in [0.717, 1.165) is 31.4 Å². The molecule has 0 saturated carbocycles. The molecule has 1 fully saturated rings. The van der Waals surface area contributed by atoms with Gasteiger partial charge in [-0.3, -0.25) is 0 Å². The minimum Gasteiger partial charge on any atom is -0.374 e. The summed E-state index contributed by atoms with van der Waals surface area (Å²) in [5, 5.41) is 0. The lowest BCUT2D eigenvalue weighted by molar-refractivity contribution is -0.00254. The molecular weight excluding hydrogens is 216 g/mol. The average Bonchev–Trinajstić information content (AvgIpc) is 2.20. The van der Waals surface area contributed by atoms with Crippen LogP contribution in [0, 0.1) is 5.92 Å². The molecule has 84 valence electrons. The van der Waals surface area contributed by atoms with Gasteiger partial charge in [0.15, 0.2) is 0 Å². The van der Waals surface area contributed by atoms with Gasteiger partial charge in [-0.2, -0.15) is 12.6 Å². The first-order valence-corrected chi connectivity index (χ1v) is 7.81. The maximum atomic E-state index is 5.78. The monoisotopic (exact) mass is 236 g/mol. The Hall–Kier alpha value is 0.447. The Morgan fingerprint density at radius 1 is 1.43 bits per heavy atom. The van der Waals surface area contributed by atoms with Gasteiger partial charge in [0.1, 0.15) is 0 Å². The molecule has 0 aromatic heterocycles. The van der Waals surface area contributed by atoms with Crippen LogP contribution in [0.4, 0.5) is 0 Å². The molecule has 0 amide bonds. The fourth-order valence-corrected chi connectivity index (χ4v) is 4.71. The van der Waals surface area contributed by atoms with Gasteiger partial charge in [-0.15, -0.1) is 0 Å². The van der Waals surface area contributed by atoms with Crippen LogP contribution in [0.2, 0.25) is 6.04 Å². The largest absolute Gasteiger partial charge is 0.500 e. The van der Waals surface area contributed by atoms with Crippen LogP contribution in [-0.4, -0.2) is 34.4 Å². The van der Waals surface area contributed by atoms with E-state index in [9.17, 15) is 0 Å². The molecule has 0 radical (unpaired) electrons. The summed E-state index contributed by atoms with van der Waals surface area (Å²) in [6, 6.07) is 0.900. The van der Waals surface area contributed by atoms with Crippen molar-refractivity contribution >= 4 is 21.4 Å². The average molecular weight is 236 g/mol. The first-order valence-electron chi connectivity index (χ1n) is 5.25. The quantitative estimate of drug-likeness (QED) is 0.584. The van der Waals surface area contributed by atoms with E-state index in [-0.39, 0.29) is 0 Å². The molecule has 0 atom stereocenters. The number of hydrogen-bond acceptors (Lipinski definition) is 4. The van der Waals surface area contributed by atoms with E-state index in [1.165, 1.54) is 0 Å². The van der Waals surface area contributed by atoms with Gasteiger partial charge >= 0.3 is 8.80 Å². The molecule has 14 heavy (non-hydrogen) atoms. The Bertz CT molecular complexity index is 155. The van der Waals surface area contributed by atoms with Crippen LogP contribution in [0.1, 0.15) is 20.3 Å². The summed E-state index contributed by atoms with van der Waals surface area (Å²) in [4.78, 5) is 0. The van der Waals surface area contributed by atoms with Crippen molar-refractivity contribution in [1.82, 2.24) is 0 Å². The van der Waals surface area contributed by atoms with E-state index < -0.39 is 8.80 Å². The van der Waals surface area contributed by atoms with E-state index in [2.05, 4.69) is 19.6 Å². The van der Waals surface area contributed by atoms with E-state index in [0.29, 0.717) is 12.5 Å². The number of thiol groups is 1. The summed E-state index contributed by atoms with van der Waals surface area (Å²) < 4.78 is 17.2. The molecule has 1 aliphatic heterocycles. The summed E-state index contributed by atoms with van der Waals surface area (Å²) in [5.41, 5.74) is 0. The molecule has 5 heteroatoms. The van der Waals surface area contributed by atoms with Crippen LogP contribution >= 0.6 is 12.6 Å². The summed E-state index contributed by atoms with van der Waals surface area (Å²) in [6.07, 6.45) is 1.00. The van der Waals surface area contributed by atoms with Gasteiger partial charge in [0.25, 0.3) is 0 Å². The Balaban J connectivity index is 2.44. The van der Waals surface area contributed by atoms with Gasteiger partial charge in [-0.05, 0) is 19.1 Å². The van der Waals surface area contributed by atoms with Crippen LogP contribution in [0.25, 0.3) is 0 Å². The molecule has 0 aromatic rings. The van der Waals surface area contributed by atoms with Gasteiger partial charge in [0, 0.05) is 31.8 Å². The summed E-state index contributed by atoms with van der Waals surface area (Å²) >= 11 is 4.20. The van der Waals surface area contributed by atoms with Gasteiger partial charge in [-0.1, -0.05) is 6.92 Å². The highest BCUT2D eigenvalue weighted by Gasteiger charge is 2.43. The molecule has 1 aliphatic rings. The third-order valence-corrected chi connectivity index (χ3v) is 5.40. The van der Waals surface area contributed by atoms with E-state index in [1.54, 1.807) is 0 Å². The molecule has 1 rings (SSSR count). The first-order chi connectivity index (χ1) is 6.72. The molecule has 0 N–H and O–H groups in total. The van der Waals surface area contributed by atoms with E-state index in [4.69, 9.17) is 13.3 Å². The standard InChI is InChI=1S/C9H20O3SSi/c1-3-10-14(6-4-5-13)11-7-9(2)8-12-14/h9,13H,3-8H2,1-2H3. The molecule has 0 aliphatic carbocycles. The van der Waals surface area contributed by atoms with Gasteiger partial charge in [0.2, 0.25) is 0 Å². The van der Waals surface area contributed by atoms with Crippen molar-refractivity contribution in [2.45, 2.75) is 26.3 Å². The van der Waals surface area contributed by atoms with Crippen LogP contribution in [0.5, 0.6) is 0 Å². The summed E-state index contributed by atoms with van der Waals surface area (Å²) in [6.45, 7) is 6.34. The van der Waals surface area contributed by atoms with Gasteiger partial charge < -0.3 is 13.3 Å². The molecule has 3 nitrogen and oxygen atoms in total. The molecule has 1 heterocycles. The highest BCUT2D eigenvalue weighted by Crippen LogP contribution is 2.24. The Morgan fingerprint density at radius 3 is 2.57 bits per heavy atom. The van der Waals surface area contributed by atoms with E-state index >= 15 is 0 Å². The highest BCUT2D eigenvalue weighted by atomic mass is 32.1. The Labute approximate surface area is 92.9 Å². The fourth-order valence-electron chi connectivity index (χ4n) is 1.44. The fraction of sp³-hybridized carbons (Fsp3) is 1.00. The third-order valence-electron chi connectivity index (χ3n) is 2.18. The zero-order valence-electron chi connectivity index (χ0n) is 8.99. The molecule has 0 bridgehead atoms. The number of rotatable bonds is 5. The summed E-state index contributed by atoms with van der Waals surface area (Å²) in [5.74, 6) is 1.36. The van der Waals surface area contributed by atoms with E-state index in [1.807, 2.05) is 6.92 Å². The van der Waals surface area contributed by atoms with Crippen LogP contribution < -0.4 is 0 Å². The molecule has 0 unspecified atom stereocenters. The second-order valence-electron chi connectivity index (χ2n) is 3.67. The van der Waals surface area contributed by atoms with Crippen LogP contribution in [-0.2, 0) is 13.3 Å². The predicted octanol–water partition coefficient (Wildman–Crippen LogP) is 1.96. The van der Waals surface area contributed by atoms with Crippen LogP contribution in [0.3, 0.4) is 0 Å². The van der Waals surface area contributed by atoms with Gasteiger partial charge in [-0.25, -0.2) is 0 Å². The smallest absolute Gasteiger partial charge is 0.374 e. The SMILES string of the molecule is CCO[Si]1(CCCS)OCC(C)CO1. The lowest BCUT2D eigenvalue weighted by atomic mass is 10.2. The maximum absolute atomic E-state index is 5.78. The summed E-state index contributed by atoms with van der Waals surface area (Å²) in [7, 11) is -2.29. The van der Waals surface area contributed by atoms with Crippen molar-refractivity contribution < 1.29 is 13.3 Å². The normalized spacial score (nSPS) is 33.2. The Kier molecular flexibility index (Phi) is 5.47. The predicted molar refractivity (Wildman–Crippen MR) is 61.7 cm³/mol. The topological polar surface area (TPSA) is 27.7 Å². The Morgan fingerprint density at radius 2 is 2.07 bits per heavy atom. The van der Waals surface area contributed by atoms with Crippen molar-refractivity contribution in [2.75, 3.05) is 25.6 Å². The van der Waals surface area contributed by atoms with Crippen molar-refractivity contribution in [3.63, 3.8) is 0 Å². The molecule has 1 saturated heterocycles. The number of hydrogen-bond donors (Lipinski definition) is 1. The lowest BCUT2D eigenvalue weighted by Gasteiger charge is -2.35. The van der Waals surface area contributed by atoms with Crippen LogP contribution in [0.15, 0.2) is 0 Å². The maximum Gasteiger partial charge on any atom is 0.500 e. The first kappa shape index (κ1) is 12.5. The zero-order chi connectivity index (χ0) is 10.4. The van der Waals surface area contributed by atoms with Crippen molar-refractivity contribution in [3.8, 4) is 0 Å². The molecular formula is C9H20O3SSi.